The molecule has 2 atom stereocenters. The Labute approximate surface area is 187 Å². The lowest BCUT2D eigenvalue weighted by atomic mass is 10.00. The van der Waals surface area contributed by atoms with E-state index in [0.717, 1.165) is 23.1 Å². The van der Waals surface area contributed by atoms with Crippen molar-refractivity contribution in [3.05, 3.63) is 94.5 Å². The highest BCUT2D eigenvalue weighted by molar-refractivity contribution is 6.30. The summed E-state index contributed by atoms with van der Waals surface area (Å²) in [7, 11) is 0. The molecule has 3 rings (SSSR count). The van der Waals surface area contributed by atoms with Crippen LogP contribution < -0.4 is 5.32 Å². The van der Waals surface area contributed by atoms with Crippen LogP contribution in [-0.2, 0) is 6.42 Å². The molecule has 4 nitrogen and oxygen atoms in total. The summed E-state index contributed by atoms with van der Waals surface area (Å²) in [6.07, 6.45) is 0.229. The largest absolute Gasteiger partial charge is 0.478 e. The lowest BCUT2D eigenvalue weighted by Gasteiger charge is -2.18. The predicted octanol–water partition coefficient (Wildman–Crippen LogP) is 5.38. The van der Waals surface area contributed by atoms with Gasteiger partial charge in [0.25, 0.3) is 0 Å². The molecular weight excluding hydrogens is 421 g/mol. The van der Waals surface area contributed by atoms with Crippen LogP contribution >= 0.6 is 24.0 Å². The van der Waals surface area contributed by atoms with Crippen LogP contribution in [0.2, 0.25) is 5.02 Å². The lowest BCUT2D eigenvalue weighted by Crippen LogP contribution is -2.32. The first-order chi connectivity index (χ1) is 13.9. The lowest BCUT2D eigenvalue weighted by molar-refractivity contribution is 0.0697. The Morgan fingerprint density at radius 2 is 1.60 bits per heavy atom. The maximum atomic E-state index is 11.0. The van der Waals surface area contributed by atoms with Crippen molar-refractivity contribution in [3.63, 3.8) is 0 Å². The molecular formula is C24H25Cl2NO3. The molecule has 0 aliphatic heterocycles. The number of rotatable bonds is 8. The van der Waals surface area contributed by atoms with Crippen LogP contribution in [0.5, 0.6) is 0 Å². The van der Waals surface area contributed by atoms with Gasteiger partial charge in [0.05, 0.1) is 11.7 Å². The number of benzene rings is 3. The quantitative estimate of drug-likeness (QED) is 0.435. The summed E-state index contributed by atoms with van der Waals surface area (Å²) in [5.74, 6) is -0.922. The molecule has 3 aromatic carbocycles. The number of nitrogens with one attached hydrogen (secondary N) is 1. The van der Waals surface area contributed by atoms with Gasteiger partial charge in [0.2, 0.25) is 0 Å². The summed E-state index contributed by atoms with van der Waals surface area (Å²) >= 11 is 5.98. The van der Waals surface area contributed by atoms with E-state index in [2.05, 4.69) is 24.4 Å². The Balaban J connectivity index is 0.00000320. The first-order valence-electron chi connectivity index (χ1n) is 9.52. The number of aliphatic hydroxyl groups excluding tert-OH is 1. The molecule has 0 spiro atoms. The predicted molar refractivity (Wildman–Crippen MR) is 124 cm³/mol. The van der Waals surface area contributed by atoms with Crippen LogP contribution in [0.1, 0.15) is 34.5 Å². The van der Waals surface area contributed by atoms with Crippen LogP contribution in [-0.4, -0.2) is 28.8 Å². The summed E-state index contributed by atoms with van der Waals surface area (Å²) in [5.41, 5.74) is 4.30. The number of carbonyl (C=O) groups is 1. The van der Waals surface area contributed by atoms with Crippen molar-refractivity contribution >= 4 is 30.0 Å². The third kappa shape index (κ3) is 6.57. The fourth-order valence-electron chi connectivity index (χ4n) is 3.21. The zero-order valence-electron chi connectivity index (χ0n) is 16.6. The van der Waals surface area contributed by atoms with Crippen molar-refractivity contribution in [3.8, 4) is 11.1 Å². The highest BCUT2D eigenvalue weighted by Crippen LogP contribution is 2.21. The first-order valence-corrected chi connectivity index (χ1v) is 9.90. The van der Waals surface area contributed by atoms with E-state index in [1.165, 1.54) is 5.56 Å². The molecule has 0 unspecified atom stereocenters. The Morgan fingerprint density at radius 1 is 1.00 bits per heavy atom. The van der Waals surface area contributed by atoms with Crippen LogP contribution in [0.4, 0.5) is 0 Å². The molecule has 0 amide bonds. The number of carboxylic acid groups (broad SMARTS) is 1. The average Bonchev–Trinajstić information content (AvgIpc) is 2.72. The SMILES string of the molecule is C[C@@H](Cc1ccc(-c2ccc(C(=O)O)cc2)cc1)NC[C@H](O)c1cccc(Cl)c1.Cl. The molecule has 30 heavy (non-hydrogen) atoms. The smallest absolute Gasteiger partial charge is 0.335 e. The summed E-state index contributed by atoms with van der Waals surface area (Å²) in [4.78, 5) is 11.0. The molecule has 0 radical (unpaired) electrons. The summed E-state index contributed by atoms with van der Waals surface area (Å²) in [5, 5.41) is 23.3. The van der Waals surface area contributed by atoms with Crippen molar-refractivity contribution in [2.75, 3.05) is 6.54 Å². The normalized spacial score (nSPS) is 12.6. The molecule has 0 fully saturated rings. The minimum atomic E-state index is -0.922. The standard InChI is InChI=1S/C24H24ClNO3.ClH/c1-16(26-15-23(27)21-3-2-4-22(25)14-21)13-17-5-7-18(8-6-17)19-9-11-20(12-10-19)24(28)29;/h2-12,14,16,23,26-27H,13,15H2,1H3,(H,28,29);1H/t16-,23-;/m0./s1. The fraction of sp³-hybridized carbons (Fsp3) is 0.208. The summed E-state index contributed by atoms with van der Waals surface area (Å²) in [6.45, 7) is 2.54. The molecule has 0 bridgehead atoms. The minimum Gasteiger partial charge on any atom is -0.478 e. The van der Waals surface area contributed by atoms with Gasteiger partial charge in [-0.3, -0.25) is 0 Å². The van der Waals surface area contributed by atoms with E-state index in [4.69, 9.17) is 16.7 Å². The van der Waals surface area contributed by atoms with E-state index < -0.39 is 12.1 Å². The van der Waals surface area contributed by atoms with E-state index in [1.807, 2.05) is 36.4 Å². The van der Waals surface area contributed by atoms with Crippen LogP contribution in [0.25, 0.3) is 11.1 Å². The molecule has 0 aliphatic rings. The number of aromatic carboxylic acids is 1. The molecule has 0 aliphatic carbocycles. The van der Waals surface area contributed by atoms with Gasteiger partial charge in [-0.2, -0.15) is 0 Å². The van der Waals surface area contributed by atoms with Crippen LogP contribution in [0, 0.1) is 0 Å². The number of hydrogen-bond donors (Lipinski definition) is 3. The third-order valence-electron chi connectivity index (χ3n) is 4.85. The second-order valence-electron chi connectivity index (χ2n) is 7.16. The average molecular weight is 446 g/mol. The minimum absolute atomic E-state index is 0. The molecule has 0 heterocycles. The molecule has 3 N–H and O–H groups in total. The molecule has 0 saturated heterocycles. The molecule has 0 saturated carbocycles. The van der Waals surface area contributed by atoms with Crippen LogP contribution in [0.3, 0.4) is 0 Å². The number of aliphatic hydroxyl groups is 1. The highest BCUT2D eigenvalue weighted by Gasteiger charge is 2.11. The van der Waals surface area contributed by atoms with E-state index in [1.54, 1.807) is 24.3 Å². The van der Waals surface area contributed by atoms with E-state index in [0.29, 0.717) is 11.6 Å². The highest BCUT2D eigenvalue weighted by atomic mass is 35.5. The van der Waals surface area contributed by atoms with Crippen molar-refractivity contribution < 1.29 is 15.0 Å². The molecule has 158 valence electrons. The molecule has 3 aromatic rings. The first kappa shape index (κ1) is 23.9. The number of hydrogen-bond acceptors (Lipinski definition) is 3. The fourth-order valence-corrected chi connectivity index (χ4v) is 3.41. The van der Waals surface area contributed by atoms with Gasteiger partial charge >= 0.3 is 5.97 Å². The van der Waals surface area contributed by atoms with Crippen LogP contribution in [0.15, 0.2) is 72.8 Å². The maximum Gasteiger partial charge on any atom is 0.335 e. The Kier molecular flexibility index (Phi) is 8.88. The van der Waals surface area contributed by atoms with Gasteiger partial charge in [-0.05, 0) is 59.9 Å². The van der Waals surface area contributed by atoms with E-state index in [9.17, 15) is 9.90 Å². The number of carboxylic acids is 1. The zero-order valence-corrected chi connectivity index (χ0v) is 18.2. The van der Waals surface area contributed by atoms with E-state index >= 15 is 0 Å². The van der Waals surface area contributed by atoms with Gasteiger partial charge in [-0.25, -0.2) is 4.79 Å². The van der Waals surface area contributed by atoms with Gasteiger partial charge < -0.3 is 15.5 Å². The van der Waals surface area contributed by atoms with Crippen molar-refractivity contribution in [2.45, 2.75) is 25.5 Å². The molecule has 0 aromatic heterocycles. The van der Waals surface area contributed by atoms with Gasteiger partial charge in [0, 0.05) is 17.6 Å². The second-order valence-corrected chi connectivity index (χ2v) is 7.60. The maximum absolute atomic E-state index is 11.0. The third-order valence-corrected chi connectivity index (χ3v) is 5.09. The summed E-state index contributed by atoms with van der Waals surface area (Å²) in [6, 6.07) is 22.6. The number of halogens is 2. The topological polar surface area (TPSA) is 69.6 Å². The van der Waals surface area contributed by atoms with Crippen molar-refractivity contribution in [2.24, 2.45) is 0 Å². The Morgan fingerprint density at radius 3 is 2.17 bits per heavy atom. The summed E-state index contributed by atoms with van der Waals surface area (Å²) < 4.78 is 0. The van der Waals surface area contributed by atoms with Crippen molar-refractivity contribution in [1.29, 1.82) is 0 Å². The Bertz CT molecular complexity index is 959. The monoisotopic (exact) mass is 445 g/mol. The van der Waals surface area contributed by atoms with Gasteiger partial charge in [-0.1, -0.05) is 60.1 Å². The van der Waals surface area contributed by atoms with Crippen molar-refractivity contribution in [1.82, 2.24) is 5.32 Å². The van der Waals surface area contributed by atoms with Gasteiger partial charge in [-0.15, -0.1) is 12.4 Å². The molecule has 6 heteroatoms. The van der Waals surface area contributed by atoms with Gasteiger partial charge in [0.15, 0.2) is 0 Å². The second kappa shape index (κ2) is 11.1. The zero-order chi connectivity index (χ0) is 20.8. The van der Waals surface area contributed by atoms with Gasteiger partial charge in [0.1, 0.15) is 0 Å². The Hall–Kier alpha value is -2.37. The van der Waals surface area contributed by atoms with E-state index in [-0.39, 0.29) is 24.0 Å².